The van der Waals surface area contributed by atoms with E-state index >= 15 is 0 Å². The Morgan fingerprint density at radius 3 is 2.67 bits per heavy atom. The standard InChI is InChI=1S/C25H30N10O7S4/c1-10(26)19(36)30-11(2)20(37)29-6-7-43-8-12-13(4-3-5-28-12)45-14-9-44-23-16(22(39)35(23)17(14)24(40)41)31-21(38)15(33-42)18-32-25(27)46-34-18/h3-5,10-11,16,23,42H,6-9,26H2,1-2H3,(H,29,37)(H,30,36)(H,31,38)(H,40,41)(H2,27,32,34)/b33-15+/t10-,11-,16+,23+/m0/s1. The minimum absolute atomic E-state index is 0.0503. The van der Waals surface area contributed by atoms with E-state index in [2.05, 4.69) is 35.4 Å². The third kappa shape index (κ3) is 8.07. The molecule has 0 unspecified atom stereocenters. The van der Waals surface area contributed by atoms with Gasteiger partial charge in [-0.2, -0.15) is 21.1 Å². The molecule has 46 heavy (non-hydrogen) atoms. The zero-order valence-electron chi connectivity index (χ0n) is 24.3. The van der Waals surface area contributed by atoms with Gasteiger partial charge in [0.25, 0.3) is 11.8 Å². The molecule has 4 heterocycles. The number of carbonyl (C=O) groups excluding carboxylic acids is 4. The number of oxime groups is 1. The summed E-state index contributed by atoms with van der Waals surface area (Å²) in [7, 11) is 0. The predicted molar refractivity (Wildman–Crippen MR) is 173 cm³/mol. The van der Waals surface area contributed by atoms with Crippen molar-refractivity contribution in [3.8, 4) is 0 Å². The highest BCUT2D eigenvalue weighted by Crippen LogP contribution is 2.45. The fourth-order valence-electron chi connectivity index (χ4n) is 4.14. The third-order valence-corrected chi connectivity index (χ3v) is 10.6. The molecule has 17 nitrogen and oxygen atoms in total. The molecule has 0 spiro atoms. The second kappa shape index (κ2) is 15.6. The van der Waals surface area contributed by atoms with Crippen molar-refractivity contribution >= 4 is 87.3 Å². The van der Waals surface area contributed by atoms with Crippen molar-refractivity contribution in [2.45, 2.75) is 48.0 Å². The lowest BCUT2D eigenvalue weighted by Crippen LogP contribution is -2.71. The molecule has 9 N–H and O–H groups in total. The van der Waals surface area contributed by atoms with Crippen LogP contribution in [0, 0.1) is 0 Å². The van der Waals surface area contributed by atoms with E-state index in [1.165, 1.54) is 42.2 Å². The van der Waals surface area contributed by atoms with Gasteiger partial charge in [0.1, 0.15) is 23.2 Å². The average Bonchev–Trinajstić information content (AvgIpc) is 3.45. The van der Waals surface area contributed by atoms with Crippen LogP contribution in [-0.2, 0) is 29.7 Å². The number of rotatable bonds is 14. The number of hydrogen-bond acceptors (Lipinski definition) is 16. The first-order valence-electron chi connectivity index (χ1n) is 13.5. The fraction of sp³-hybridized carbons (Fsp3) is 0.400. The fourth-order valence-corrected chi connectivity index (χ4v) is 8.05. The second-order valence-electron chi connectivity index (χ2n) is 9.76. The van der Waals surface area contributed by atoms with Crippen LogP contribution in [0.4, 0.5) is 5.13 Å². The highest BCUT2D eigenvalue weighted by atomic mass is 32.2. The lowest BCUT2D eigenvalue weighted by atomic mass is 10.0. The number of hydrogen-bond donors (Lipinski definition) is 7. The van der Waals surface area contributed by atoms with E-state index < -0.39 is 52.9 Å². The van der Waals surface area contributed by atoms with Crippen molar-refractivity contribution in [3.05, 3.63) is 40.5 Å². The average molecular weight is 711 g/mol. The molecule has 246 valence electrons. The molecule has 2 aliphatic rings. The van der Waals surface area contributed by atoms with E-state index in [0.717, 1.165) is 16.4 Å². The van der Waals surface area contributed by atoms with Crippen molar-refractivity contribution in [1.29, 1.82) is 0 Å². The van der Waals surface area contributed by atoms with E-state index in [-0.39, 0.29) is 28.3 Å². The summed E-state index contributed by atoms with van der Waals surface area (Å²) in [6.07, 6.45) is 1.62. The van der Waals surface area contributed by atoms with Crippen LogP contribution in [0.3, 0.4) is 0 Å². The first kappa shape index (κ1) is 34.9. The summed E-state index contributed by atoms with van der Waals surface area (Å²) < 4.78 is 3.83. The number of aromatic nitrogens is 3. The molecule has 4 amide bonds. The largest absolute Gasteiger partial charge is 0.477 e. The van der Waals surface area contributed by atoms with E-state index in [1.54, 1.807) is 25.3 Å². The van der Waals surface area contributed by atoms with Gasteiger partial charge in [-0.25, -0.2) is 4.79 Å². The number of aliphatic carboxylic acids is 1. The normalized spacial score (nSPS) is 19.1. The Morgan fingerprint density at radius 2 is 2.02 bits per heavy atom. The van der Waals surface area contributed by atoms with E-state index in [4.69, 9.17) is 11.5 Å². The highest BCUT2D eigenvalue weighted by molar-refractivity contribution is 8.06. The number of carbonyl (C=O) groups is 5. The Morgan fingerprint density at radius 1 is 1.26 bits per heavy atom. The Kier molecular flexibility index (Phi) is 11.8. The number of carboxylic acid groups (broad SMARTS) is 1. The summed E-state index contributed by atoms with van der Waals surface area (Å²) in [6.45, 7) is 3.44. The molecule has 0 aliphatic carbocycles. The molecule has 0 bridgehead atoms. The number of nitrogen functional groups attached to an aromatic ring is 1. The number of fused-ring (bicyclic) bond motifs is 1. The van der Waals surface area contributed by atoms with E-state index in [1.807, 2.05) is 0 Å². The third-order valence-electron chi connectivity index (χ3n) is 6.42. The summed E-state index contributed by atoms with van der Waals surface area (Å²) in [4.78, 5) is 72.6. The van der Waals surface area contributed by atoms with Gasteiger partial charge in [-0.15, -0.1) is 11.8 Å². The van der Waals surface area contributed by atoms with Crippen LogP contribution in [0.25, 0.3) is 0 Å². The lowest BCUT2D eigenvalue weighted by Gasteiger charge is -2.49. The smallest absolute Gasteiger partial charge is 0.353 e. The van der Waals surface area contributed by atoms with Gasteiger partial charge in [0.15, 0.2) is 5.13 Å². The van der Waals surface area contributed by atoms with Crippen LogP contribution in [0.15, 0.2) is 39.0 Å². The summed E-state index contributed by atoms with van der Waals surface area (Å²) in [6, 6.07) is 1.000. The maximum atomic E-state index is 13.1. The molecule has 0 saturated carbocycles. The van der Waals surface area contributed by atoms with Gasteiger partial charge < -0.3 is 37.7 Å². The number of thioether (sulfide) groups is 3. The van der Waals surface area contributed by atoms with Gasteiger partial charge in [0, 0.05) is 51.3 Å². The van der Waals surface area contributed by atoms with Crippen LogP contribution in [-0.4, -0.2) is 106 Å². The zero-order valence-corrected chi connectivity index (χ0v) is 27.6. The predicted octanol–water partition coefficient (Wildman–Crippen LogP) is -0.617. The Hall–Kier alpha value is -3.92. The number of nitrogens with one attached hydrogen (secondary N) is 3. The minimum atomic E-state index is -1.30. The van der Waals surface area contributed by atoms with Crippen molar-refractivity contribution in [3.63, 3.8) is 0 Å². The van der Waals surface area contributed by atoms with Crippen molar-refractivity contribution < 1.29 is 34.3 Å². The molecule has 2 aromatic heterocycles. The zero-order chi connectivity index (χ0) is 33.5. The monoisotopic (exact) mass is 710 g/mol. The van der Waals surface area contributed by atoms with Gasteiger partial charge in [0.05, 0.1) is 11.7 Å². The molecule has 0 radical (unpaired) electrons. The maximum absolute atomic E-state index is 13.1. The molecule has 4 rings (SSSR count). The van der Waals surface area contributed by atoms with Gasteiger partial charge in [-0.3, -0.25) is 29.1 Å². The molecule has 2 aromatic rings. The Labute approximate surface area is 279 Å². The molecule has 2 aliphatic heterocycles. The van der Waals surface area contributed by atoms with Gasteiger partial charge in [-0.05, 0) is 26.0 Å². The summed E-state index contributed by atoms with van der Waals surface area (Å²) >= 11 is 4.76. The number of amides is 4. The van der Waals surface area contributed by atoms with Crippen molar-refractivity contribution in [2.75, 3.05) is 23.8 Å². The number of carboxylic acids is 1. The quantitative estimate of drug-likeness (QED) is 0.0423. The lowest BCUT2D eigenvalue weighted by molar-refractivity contribution is -0.150. The molecule has 21 heteroatoms. The summed E-state index contributed by atoms with van der Waals surface area (Å²) in [5, 5.41) is 29.4. The molecular weight excluding hydrogens is 681 g/mol. The number of nitrogens with zero attached hydrogens (tertiary/aromatic N) is 5. The SMILES string of the molecule is C[C@H](N)C(=O)N[C@@H](C)C(=O)NCCSCc1ncccc1SC1=C(C(=O)O)N2C(=O)[C@@H](NC(=O)/C(=N/O)c3nsc(N)n3)[C@H]2SC1. The Balaban J connectivity index is 1.36. The first-order chi connectivity index (χ1) is 21.9. The van der Waals surface area contributed by atoms with E-state index in [0.29, 0.717) is 33.5 Å². The number of β-lactam (4-membered cyclic amide) rings is 1. The van der Waals surface area contributed by atoms with Crippen LogP contribution in [0.1, 0.15) is 25.4 Å². The molecule has 1 saturated heterocycles. The molecular formula is C25H30N10O7S4. The van der Waals surface area contributed by atoms with Crippen molar-refractivity contribution in [2.24, 2.45) is 10.9 Å². The van der Waals surface area contributed by atoms with Gasteiger partial charge in [0.2, 0.25) is 23.4 Å². The number of nitrogens with two attached hydrogens (primary N) is 2. The molecule has 4 atom stereocenters. The van der Waals surface area contributed by atoms with Crippen molar-refractivity contribution in [1.82, 2.24) is 35.2 Å². The van der Waals surface area contributed by atoms with Crippen LogP contribution in [0.5, 0.6) is 0 Å². The number of anilines is 1. The second-order valence-corrected chi connectivity index (χ2v) is 13.9. The van der Waals surface area contributed by atoms with Crippen LogP contribution < -0.4 is 27.4 Å². The summed E-state index contributed by atoms with van der Waals surface area (Å²) in [5.41, 5.74) is 11.0. The first-order valence-corrected chi connectivity index (χ1v) is 17.3. The van der Waals surface area contributed by atoms with Gasteiger partial charge in [-0.1, -0.05) is 16.9 Å². The molecule has 0 aromatic carbocycles. The molecule has 1 fully saturated rings. The summed E-state index contributed by atoms with van der Waals surface area (Å²) in [5.74, 6) is -2.57. The minimum Gasteiger partial charge on any atom is -0.477 e. The van der Waals surface area contributed by atoms with E-state index in [9.17, 15) is 34.3 Å². The van der Waals surface area contributed by atoms with Gasteiger partial charge >= 0.3 is 5.97 Å². The van der Waals surface area contributed by atoms with Crippen LogP contribution in [0.2, 0.25) is 0 Å². The highest BCUT2D eigenvalue weighted by Gasteiger charge is 2.54. The van der Waals surface area contributed by atoms with Crippen LogP contribution >= 0.6 is 46.8 Å². The number of pyridine rings is 1. The maximum Gasteiger partial charge on any atom is 0.353 e. The topological polar surface area (TPSA) is 268 Å². The Bertz CT molecular complexity index is 1580.